The second kappa shape index (κ2) is 5.53. The quantitative estimate of drug-likeness (QED) is 0.561. The number of nitrogens with one attached hydrogen (secondary N) is 1. The molecule has 0 aliphatic rings. The lowest BCUT2D eigenvalue weighted by molar-refractivity contribution is 0.477. The van der Waals surface area contributed by atoms with Crippen molar-refractivity contribution in [1.82, 2.24) is 5.43 Å². The molecule has 0 aliphatic carbocycles. The van der Waals surface area contributed by atoms with E-state index in [1.54, 1.807) is 0 Å². The molecule has 0 fully saturated rings. The van der Waals surface area contributed by atoms with Crippen LogP contribution in [0, 0.1) is 13.8 Å². The second-order valence-corrected chi connectivity index (χ2v) is 5.66. The van der Waals surface area contributed by atoms with Gasteiger partial charge in [-0.25, -0.2) is 5.43 Å². The monoisotopic (exact) mass is 300 g/mol. The first-order chi connectivity index (χ1) is 10.1. The van der Waals surface area contributed by atoms with Gasteiger partial charge in [-0.1, -0.05) is 41.9 Å². The number of rotatable bonds is 3. The fraction of sp³-hybridized carbons (Fsp3) is 0.176. The Morgan fingerprint density at radius 2 is 1.90 bits per heavy atom. The van der Waals surface area contributed by atoms with Crippen molar-refractivity contribution in [3.05, 3.63) is 69.9 Å². The second-order valence-electron chi connectivity index (χ2n) is 5.25. The molecule has 1 unspecified atom stereocenters. The van der Waals surface area contributed by atoms with Gasteiger partial charge in [0.15, 0.2) is 5.58 Å². The van der Waals surface area contributed by atoms with E-state index in [1.165, 1.54) is 11.1 Å². The summed E-state index contributed by atoms with van der Waals surface area (Å²) >= 11 is 6.16. The van der Waals surface area contributed by atoms with Crippen LogP contribution in [0.25, 0.3) is 11.0 Å². The molecule has 1 heterocycles. The maximum Gasteiger partial charge on any atom is 0.152 e. The number of nitrogens with two attached hydrogens (primary N) is 1. The van der Waals surface area contributed by atoms with Crippen molar-refractivity contribution >= 4 is 22.6 Å². The highest BCUT2D eigenvalue weighted by Crippen LogP contribution is 2.32. The number of benzene rings is 2. The summed E-state index contributed by atoms with van der Waals surface area (Å²) in [7, 11) is 0. The molecule has 0 bridgehead atoms. The normalized spacial score (nSPS) is 12.8. The van der Waals surface area contributed by atoms with Crippen molar-refractivity contribution in [3.8, 4) is 0 Å². The number of aryl methyl sites for hydroxylation is 2. The predicted octanol–water partition coefficient (Wildman–Crippen LogP) is 4.26. The highest BCUT2D eigenvalue weighted by molar-refractivity contribution is 6.34. The van der Waals surface area contributed by atoms with Gasteiger partial charge in [0.1, 0.15) is 11.8 Å². The van der Waals surface area contributed by atoms with Gasteiger partial charge < -0.3 is 4.42 Å². The smallest absolute Gasteiger partial charge is 0.152 e. The Balaban J connectivity index is 2.09. The fourth-order valence-corrected chi connectivity index (χ4v) is 2.70. The first-order valence-electron chi connectivity index (χ1n) is 6.81. The van der Waals surface area contributed by atoms with Crippen molar-refractivity contribution in [1.29, 1.82) is 0 Å². The average molecular weight is 301 g/mol. The molecule has 3 rings (SSSR count). The SMILES string of the molecule is Cc1ccc(C(NN)c2cc3cccc(Cl)c3o2)cc1C. The summed E-state index contributed by atoms with van der Waals surface area (Å²) in [5, 5.41) is 1.58. The van der Waals surface area contributed by atoms with E-state index in [0.717, 1.165) is 16.7 Å². The summed E-state index contributed by atoms with van der Waals surface area (Å²) in [5.74, 6) is 6.50. The molecule has 0 aliphatic heterocycles. The van der Waals surface area contributed by atoms with Gasteiger partial charge in [-0.15, -0.1) is 0 Å². The van der Waals surface area contributed by atoms with Gasteiger partial charge in [-0.2, -0.15) is 0 Å². The largest absolute Gasteiger partial charge is 0.457 e. The molecule has 0 spiro atoms. The lowest BCUT2D eigenvalue weighted by Crippen LogP contribution is -2.28. The van der Waals surface area contributed by atoms with Crippen molar-refractivity contribution in [2.45, 2.75) is 19.9 Å². The minimum atomic E-state index is -0.201. The lowest BCUT2D eigenvalue weighted by Gasteiger charge is -2.15. The van der Waals surface area contributed by atoms with Gasteiger partial charge in [0.25, 0.3) is 0 Å². The van der Waals surface area contributed by atoms with Crippen LogP contribution in [0.3, 0.4) is 0 Å². The number of furan rings is 1. The minimum absolute atomic E-state index is 0.201. The van der Waals surface area contributed by atoms with Crippen LogP contribution in [-0.2, 0) is 0 Å². The molecule has 108 valence electrons. The van der Waals surface area contributed by atoms with Crippen molar-refractivity contribution in [2.75, 3.05) is 0 Å². The number of hydrogen-bond acceptors (Lipinski definition) is 3. The molecule has 3 nitrogen and oxygen atoms in total. The van der Waals surface area contributed by atoms with E-state index in [9.17, 15) is 0 Å². The Morgan fingerprint density at radius 3 is 2.57 bits per heavy atom. The van der Waals surface area contributed by atoms with Crippen molar-refractivity contribution in [2.24, 2.45) is 5.84 Å². The van der Waals surface area contributed by atoms with Gasteiger partial charge in [-0.05, 0) is 42.7 Å². The number of hydrogen-bond donors (Lipinski definition) is 2. The zero-order valence-corrected chi connectivity index (χ0v) is 12.7. The van der Waals surface area contributed by atoms with E-state index in [4.69, 9.17) is 21.9 Å². The zero-order valence-electron chi connectivity index (χ0n) is 12.0. The van der Waals surface area contributed by atoms with Crippen LogP contribution in [0.15, 0.2) is 46.9 Å². The first kappa shape index (κ1) is 14.1. The lowest BCUT2D eigenvalue weighted by atomic mass is 10.00. The van der Waals surface area contributed by atoms with Crippen molar-refractivity contribution < 1.29 is 4.42 Å². The van der Waals surface area contributed by atoms with Gasteiger partial charge in [-0.3, -0.25) is 5.84 Å². The van der Waals surface area contributed by atoms with E-state index in [1.807, 2.05) is 24.3 Å². The zero-order chi connectivity index (χ0) is 15.0. The van der Waals surface area contributed by atoms with Crippen LogP contribution in [0.4, 0.5) is 0 Å². The molecule has 0 amide bonds. The highest BCUT2D eigenvalue weighted by atomic mass is 35.5. The predicted molar refractivity (Wildman–Crippen MR) is 86.3 cm³/mol. The van der Waals surface area contributed by atoms with E-state index in [-0.39, 0.29) is 6.04 Å². The Hall–Kier alpha value is -1.81. The molecular weight excluding hydrogens is 284 g/mol. The summed E-state index contributed by atoms with van der Waals surface area (Å²) in [6.07, 6.45) is 0. The first-order valence-corrected chi connectivity index (χ1v) is 7.19. The van der Waals surface area contributed by atoms with Crippen LogP contribution in [0.2, 0.25) is 5.02 Å². The number of hydrazine groups is 1. The molecule has 0 radical (unpaired) electrons. The topological polar surface area (TPSA) is 51.2 Å². The Morgan fingerprint density at radius 1 is 1.10 bits per heavy atom. The molecule has 1 atom stereocenters. The molecule has 2 aromatic carbocycles. The Bertz CT molecular complexity index is 795. The third-order valence-electron chi connectivity index (χ3n) is 3.83. The average Bonchev–Trinajstić information content (AvgIpc) is 2.89. The molecule has 3 N–H and O–H groups in total. The van der Waals surface area contributed by atoms with Crippen LogP contribution in [-0.4, -0.2) is 0 Å². The number of halogens is 1. The fourth-order valence-electron chi connectivity index (χ4n) is 2.48. The molecule has 3 aromatic rings. The maximum atomic E-state index is 6.16. The molecule has 21 heavy (non-hydrogen) atoms. The minimum Gasteiger partial charge on any atom is -0.457 e. The van der Waals surface area contributed by atoms with Gasteiger partial charge in [0.2, 0.25) is 0 Å². The summed E-state index contributed by atoms with van der Waals surface area (Å²) in [6.45, 7) is 4.17. The summed E-state index contributed by atoms with van der Waals surface area (Å²) < 4.78 is 5.90. The van der Waals surface area contributed by atoms with E-state index < -0.39 is 0 Å². The molecule has 0 saturated heterocycles. The number of para-hydroxylation sites is 1. The van der Waals surface area contributed by atoms with E-state index >= 15 is 0 Å². The standard InChI is InChI=1S/C17H17ClN2O/c1-10-6-7-12(8-11(10)2)16(20-19)15-9-13-4-3-5-14(18)17(13)21-15/h3-9,16,20H,19H2,1-2H3. The number of fused-ring (bicyclic) bond motifs is 1. The summed E-state index contributed by atoms with van der Waals surface area (Å²) in [4.78, 5) is 0. The van der Waals surface area contributed by atoms with Crippen LogP contribution >= 0.6 is 11.6 Å². The van der Waals surface area contributed by atoms with Crippen LogP contribution < -0.4 is 11.3 Å². The van der Waals surface area contributed by atoms with E-state index in [2.05, 4.69) is 37.5 Å². The Labute approximate surface area is 128 Å². The van der Waals surface area contributed by atoms with Gasteiger partial charge >= 0.3 is 0 Å². The Kier molecular flexibility index (Phi) is 3.72. The summed E-state index contributed by atoms with van der Waals surface area (Å²) in [5.41, 5.74) is 7.06. The van der Waals surface area contributed by atoms with Crippen LogP contribution in [0.1, 0.15) is 28.5 Å². The maximum absolute atomic E-state index is 6.16. The molecular formula is C17H17ClN2O. The third kappa shape index (κ3) is 2.56. The molecule has 0 saturated carbocycles. The van der Waals surface area contributed by atoms with Gasteiger partial charge in [0.05, 0.1) is 5.02 Å². The third-order valence-corrected chi connectivity index (χ3v) is 4.13. The van der Waals surface area contributed by atoms with Crippen LogP contribution in [0.5, 0.6) is 0 Å². The van der Waals surface area contributed by atoms with Crippen molar-refractivity contribution in [3.63, 3.8) is 0 Å². The van der Waals surface area contributed by atoms with E-state index in [0.29, 0.717) is 10.6 Å². The summed E-state index contributed by atoms with van der Waals surface area (Å²) in [6, 6.07) is 13.7. The highest BCUT2D eigenvalue weighted by Gasteiger charge is 2.18. The van der Waals surface area contributed by atoms with Gasteiger partial charge in [0, 0.05) is 5.39 Å². The molecule has 4 heteroatoms. The molecule has 1 aromatic heterocycles.